The molecule has 0 bridgehead atoms. The number of nitrogens with one attached hydrogen (secondary N) is 3. The lowest BCUT2D eigenvalue weighted by Crippen LogP contribution is -2.40. The van der Waals surface area contributed by atoms with Crippen LogP contribution in [0.2, 0.25) is 0 Å². The van der Waals surface area contributed by atoms with Crippen molar-refractivity contribution < 1.29 is 9.53 Å². The topological polar surface area (TPSA) is 74.8 Å². The van der Waals surface area contributed by atoms with Crippen LogP contribution in [0.15, 0.2) is 35.3 Å². The number of carbonyl (C=O) groups excluding carboxylic acids is 1. The van der Waals surface area contributed by atoms with Crippen LogP contribution in [0.1, 0.15) is 45.4 Å². The molecule has 2 rings (SSSR count). The number of nitrogens with zero attached hydrogens (tertiary/aromatic N) is 1. The summed E-state index contributed by atoms with van der Waals surface area (Å²) in [7, 11) is 0. The first-order chi connectivity index (χ1) is 12.8. The molecule has 3 N–H and O–H groups in total. The Labute approximate surface area is 156 Å². The second-order valence-corrected chi connectivity index (χ2v) is 6.50. The van der Waals surface area contributed by atoms with Gasteiger partial charge in [-0.1, -0.05) is 37.5 Å². The Morgan fingerprint density at radius 2 is 1.92 bits per heavy atom. The third-order valence-electron chi connectivity index (χ3n) is 4.33. The van der Waals surface area contributed by atoms with Gasteiger partial charge in [-0.25, -0.2) is 0 Å². The Morgan fingerprint density at radius 1 is 1.15 bits per heavy atom. The summed E-state index contributed by atoms with van der Waals surface area (Å²) in [5, 5.41) is 9.54. The smallest absolute Gasteiger partial charge is 0.222 e. The van der Waals surface area contributed by atoms with Crippen LogP contribution >= 0.6 is 0 Å². The van der Waals surface area contributed by atoms with E-state index in [1.807, 2.05) is 37.3 Å². The molecule has 1 aliphatic rings. The van der Waals surface area contributed by atoms with Crippen LogP contribution in [0, 0.1) is 0 Å². The Morgan fingerprint density at radius 3 is 2.65 bits per heavy atom. The van der Waals surface area contributed by atoms with E-state index in [2.05, 4.69) is 20.9 Å². The number of benzene rings is 1. The monoisotopic (exact) mass is 360 g/mol. The molecule has 0 heterocycles. The summed E-state index contributed by atoms with van der Waals surface area (Å²) in [6.07, 6.45) is 6.39. The van der Waals surface area contributed by atoms with E-state index in [0.29, 0.717) is 32.2 Å². The second kappa shape index (κ2) is 12.2. The van der Waals surface area contributed by atoms with Crippen LogP contribution in [0.3, 0.4) is 0 Å². The third kappa shape index (κ3) is 8.23. The minimum absolute atomic E-state index is 0.101. The fourth-order valence-corrected chi connectivity index (χ4v) is 3.01. The van der Waals surface area contributed by atoms with Gasteiger partial charge in [0.25, 0.3) is 0 Å². The molecule has 0 atom stereocenters. The van der Waals surface area contributed by atoms with Gasteiger partial charge in [0.1, 0.15) is 12.4 Å². The SMILES string of the molecule is CCNC(=NCCC(=O)NC1CCCCC1)NCCOc1ccccc1. The van der Waals surface area contributed by atoms with Gasteiger partial charge in [-0.2, -0.15) is 0 Å². The highest BCUT2D eigenvalue weighted by atomic mass is 16.5. The summed E-state index contributed by atoms with van der Waals surface area (Å²) in [6, 6.07) is 10.1. The lowest BCUT2D eigenvalue weighted by Gasteiger charge is -2.22. The molecule has 0 unspecified atom stereocenters. The van der Waals surface area contributed by atoms with Crippen LogP contribution < -0.4 is 20.7 Å². The molecule has 144 valence electrons. The van der Waals surface area contributed by atoms with Crippen molar-refractivity contribution in [3.63, 3.8) is 0 Å². The largest absolute Gasteiger partial charge is 0.492 e. The number of hydrogen-bond donors (Lipinski definition) is 3. The Balaban J connectivity index is 1.64. The molecule has 6 heteroatoms. The van der Waals surface area contributed by atoms with Gasteiger partial charge in [0.15, 0.2) is 5.96 Å². The third-order valence-corrected chi connectivity index (χ3v) is 4.33. The number of amides is 1. The molecule has 6 nitrogen and oxygen atoms in total. The first-order valence-corrected chi connectivity index (χ1v) is 9.77. The van der Waals surface area contributed by atoms with Crippen molar-refractivity contribution in [3.8, 4) is 5.75 Å². The maximum absolute atomic E-state index is 12.0. The molecule has 0 radical (unpaired) electrons. The highest BCUT2D eigenvalue weighted by Gasteiger charge is 2.15. The van der Waals surface area contributed by atoms with Crippen LogP contribution in [-0.2, 0) is 4.79 Å². The van der Waals surface area contributed by atoms with Crippen molar-refractivity contribution in [2.24, 2.45) is 4.99 Å². The van der Waals surface area contributed by atoms with Crippen molar-refractivity contribution in [1.29, 1.82) is 0 Å². The standard InChI is InChI=1S/C20H32N4O2/c1-2-21-20(23-15-16-26-18-11-7-4-8-12-18)22-14-13-19(25)24-17-9-5-3-6-10-17/h4,7-8,11-12,17H,2-3,5-6,9-10,13-16H2,1H3,(H,24,25)(H2,21,22,23). The second-order valence-electron chi connectivity index (χ2n) is 6.50. The summed E-state index contributed by atoms with van der Waals surface area (Å²) in [6.45, 7) is 4.48. The minimum Gasteiger partial charge on any atom is -0.492 e. The van der Waals surface area contributed by atoms with Gasteiger partial charge in [0, 0.05) is 19.0 Å². The molecule has 1 fully saturated rings. The summed E-state index contributed by atoms with van der Waals surface area (Å²) < 4.78 is 5.65. The van der Waals surface area contributed by atoms with Gasteiger partial charge in [-0.05, 0) is 31.9 Å². The molecule has 1 amide bonds. The number of rotatable bonds is 9. The number of aliphatic imine (C=N–C) groups is 1. The number of carbonyl (C=O) groups is 1. The molecule has 1 aromatic rings. The highest BCUT2D eigenvalue weighted by molar-refractivity contribution is 5.80. The molecule has 0 saturated heterocycles. The zero-order valence-corrected chi connectivity index (χ0v) is 15.8. The lowest BCUT2D eigenvalue weighted by molar-refractivity contribution is -0.121. The average molecular weight is 361 g/mol. The summed E-state index contributed by atoms with van der Waals surface area (Å²) in [5.41, 5.74) is 0. The van der Waals surface area contributed by atoms with Gasteiger partial charge in [0.2, 0.25) is 5.91 Å². The Bertz CT molecular complexity index is 542. The first-order valence-electron chi connectivity index (χ1n) is 9.77. The summed E-state index contributed by atoms with van der Waals surface area (Å²) >= 11 is 0. The van der Waals surface area contributed by atoms with Crippen molar-refractivity contribution in [2.75, 3.05) is 26.2 Å². The molecule has 0 aromatic heterocycles. The van der Waals surface area contributed by atoms with E-state index in [9.17, 15) is 4.79 Å². The quantitative estimate of drug-likeness (QED) is 0.359. The predicted molar refractivity (Wildman–Crippen MR) is 106 cm³/mol. The fraction of sp³-hybridized carbons (Fsp3) is 0.600. The van der Waals surface area contributed by atoms with Crippen LogP contribution in [-0.4, -0.2) is 44.1 Å². The number of para-hydroxylation sites is 1. The van der Waals surface area contributed by atoms with E-state index in [-0.39, 0.29) is 5.91 Å². The van der Waals surface area contributed by atoms with E-state index in [4.69, 9.17) is 4.74 Å². The minimum atomic E-state index is 0.101. The van der Waals surface area contributed by atoms with E-state index < -0.39 is 0 Å². The molecular weight excluding hydrogens is 328 g/mol. The number of hydrogen-bond acceptors (Lipinski definition) is 3. The summed E-state index contributed by atoms with van der Waals surface area (Å²) in [5.74, 6) is 1.68. The van der Waals surface area contributed by atoms with E-state index in [1.54, 1.807) is 0 Å². The fourth-order valence-electron chi connectivity index (χ4n) is 3.01. The molecule has 1 aliphatic carbocycles. The predicted octanol–water partition coefficient (Wildman–Crippen LogP) is 2.46. The highest BCUT2D eigenvalue weighted by Crippen LogP contribution is 2.17. The van der Waals surface area contributed by atoms with Gasteiger partial charge in [-0.3, -0.25) is 9.79 Å². The first kappa shape index (κ1) is 20.1. The maximum atomic E-state index is 12.0. The normalized spacial score (nSPS) is 15.3. The zero-order chi connectivity index (χ0) is 18.5. The molecule has 1 saturated carbocycles. The lowest BCUT2D eigenvalue weighted by atomic mass is 9.95. The zero-order valence-electron chi connectivity index (χ0n) is 15.8. The maximum Gasteiger partial charge on any atom is 0.222 e. The average Bonchev–Trinajstić information content (AvgIpc) is 2.67. The van der Waals surface area contributed by atoms with Gasteiger partial charge in [0.05, 0.1) is 13.1 Å². The number of ether oxygens (including phenoxy) is 1. The van der Waals surface area contributed by atoms with Gasteiger partial charge >= 0.3 is 0 Å². The Kier molecular flexibility index (Phi) is 9.40. The molecule has 0 aliphatic heterocycles. The number of guanidine groups is 1. The van der Waals surface area contributed by atoms with Crippen LogP contribution in [0.4, 0.5) is 0 Å². The van der Waals surface area contributed by atoms with Crippen LogP contribution in [0.25, 0.3) is 0 Å². The molecular formula is C20H32N4O2. The van der Waals surface area contributed by atoms with Crippen molar-refractivity contribution in [2.45, 2.75) is 51.5 Å². The van der Waals surface area contributed by atoms with E-state index in [1.165, 1.54) is 19.3 Å². The summed E-state index contributed by atoms with van der Waals surface area (Å²) in [4.78, 5) is 16.5. The van der Waals surface area contributed by atoms with E-state index >= 15 is 0 Å². The van der Waals surface area contributed by atoms with Crippen molar-refractivity contribution >= 4 is 11.9 Å². The molecule has 1 aromatic carbocycles. The Hall–Kier alpha value is -2.24. The van der Waals surface area contributed by atoms with Crippen molar-refractivity contribution in [1.82, 2.24) is 16.0 Å². The van der Waals surface area contributed by atoms with Gasteiger partial charge < -0.3 is 20.7 Å². The van der Waals surface area contributed by atoms with Gasteiger partial charge in [-0.15, -0.1) is 0 Å². The molecule has 26 heavy (non-hydrogen) atoms. The molecule has 0 spiro atoms. The van der Waals surface area contributed by atoms with E-state index in [0.717, 1.165) is 31.1 Å². The van der Waals surface area contributed by atoms with Crippen molar-refractivity contribution in [3.05, 3.63) is 30.3 Å². The van der Waals surface area contributed by atoms with Crippen LogP contribution in [0.5, 0.6) is 5.75 Å².